The van der Waals surface area contributed by atoms with Gasteiger partial charge in [0.1, 0.15) is 5.82 Å². The van der Waals surface area contributed by atoms with E-state index in [0.29, 0.717) is 10.5 Å². The summed E-state index contributed by atoms with van der Waals surface area (Å²) < 4.78 is 18.0. The van der Waals surface area contributed by atoms with Crippen LogP contribution < -0.4 is 10.9 Å². The van der Waals surface area contributed by atoms with E-state index in [1.165, 1.54) is 29.5 Å². The molecule has 1 amide bonds. The molecule has 0 unspecified atom stereocenters. The average Bonchev–Trinajstić information content (AvgIpc) is 2.92. The molecule has 2 aromatic heterocycles. The second-order valence-electron chi connectivity index (χ2n) is 3.92. The predicted octanol–water partition coefficient (Wildman–Crippen LogP) is 2.64. The van der Waals surface area contributed by atoms with Gasteiger partial charge in [0, 0.05) is 11.6 Å². The molecule has 0 saturated heterocycles. The number of benzene rings is 1. The van der Waals surface area contributed by atoms with E-state index < -0.39 is 17.3 Å². The van der Waals surface area contributed by atoms with E-state index in [9.17, 15) is 14.0 Å². The normalized spacial score (nSPS) is 10.7. The lowest BCUT2D eigenvalue weighted by Crippen LogP contribution is -2.14. The maximum Gasteiger partial charge on any atom is 0.344 e. The molecule has 0 fully saturated rings. The lowest BCUT2D eigenvalue weighted by molar-refractivity contribution is 0.0993. The number of fused-ring (bicyclic) bond motifs is 1. The number of nitrogens with one attached hydrogen (secondary N) is 1. The van der Waals surface area contributed by atoms with E-state index in [0.717, 1.165) is 6.07 Å². The third kappa shape index (κ3) is 2.30. The van der Waals surface area contributed by atoms with Crippen molar-refractivity contribution >= 4 is 33.1 Å². The molecule has 3 aromatic rings. The van der Waals surface area contributed by atoms with Gasteiger partial charge in [-0.3, -0.25) is 10.1 Å². The minimum absolute atomic E-state index is 0.0933. The van der Waals surface area contributed by atoms with Crippen LogP contribution in [0, 0.1) is 5.82 Å². The number of carbonyl (C=O) groups is 1. The van der Waals surface area contributed by atoms with Gasteiger partial charge in [-0.15, -0.1) is 11.3 Å². The highest BCUT2D eigenvalue weighted by molar-refractivity contribution is 7.13. The molecule has 3 rings (SSSR count). The number of hydrogen-bond donors (Lipinski definition) is 1. The zero-order valence-corrected chi connectivity index (χ0v) is 10.7. The fraction of sp³-hybridized carbons (Fsp3) is 0. The smallest absolute Gasteiger partial charge is 0.344 e. The molecule has 0 saturated carbocycles. The van der Waals surface area contributed by atoms with Crippen molar-refractivity contribution in [1.29, 1.82) is 0 Å². The predicted molar refractivity (Wildman–Crippen MR) is 72.5 cm³/mol. The van der Waals surface area contributed by atoms with Gasteiger partial charge < -0.3 is 4.42 Å². The second kappa shape index (κ2) is 4.86. The lowest BCUT2D eigenvalue weighted by atomic mass is 10.1. The van der Waals surface area contributed by atoms with Gasteiger partial charge >= 0.3 is 5.63 Å². The Labute approximate surface area is 115 Å². The second-order valence-corrected chi connectivity index (χ2v) is 4.82. The molecule has 0 atom stereocenters. The van der Waals surface area contributed by atoms with Crippen molar-refractivity contribution in [2.24, 2.45) is 0 Å². The van der Waals surface area contributed by atoms with Gasteiger partial charge in [0.2, 0.25) is 0 Å². The topological polar surface area (TPSA) is 72.2 Å². The molecule has 0 aliphatic carbocycles. The minimum atomic E-state index is -0.758. The summed E-state index contributed by atoms with van der Waals surface area (Å²) >= 11 is 1.24. The number of hydrogen-bond acceptors (Lipinski definition) is 5. The summed E-state index contributed by atoms with van der Waals surface area (Å²) in [5, 5.41) is 5.14. The van der Waals surface area contributed by atoms with Crippen molar-refractivity contribution in [1.82, 2.24) is 4.98 Å². The highest BCUT2D eigenvalue weighted by atomic mass is 32.1. The van der Waals surface area contributed by atoms with Crippen LogP contribution in [0.25, 0.3) is 10.8 Å². The minimum Gasteiger partial charge on any atom is -0.417 e. The third-order valence-corrected chi connectivity index (χ3v) is 3.29. The molecule has 0 bridgehead atoms. The fourth-order valence-electron chi connectivity index (χ4n) is 1.71. The van der Waals surface area contributed by atoms with Crippen molar-refractivity contribution in [3.8, 4) is 0 Å². The van der Waals surface area contributed by atoms with Crippen LogP contribution in [-0.2, 0) is 0 Å². The highest BCUT2D eigenvalue weighted by Crippen LogP contribution is 2.16. The fourth-order valence-corrected chi connectivity index (χ4v) is 2.24. The Morgan fingerprint density at radius 2 is 2.20 bits per heavy atom. The molecule has 0 aliphatic heterocycles. The molecule has 0 aliphatic rings. The first-order valence-electron chi connectivity index (χ1n) is 5.58. The third-order valence-electron chi connectivity index (χ3n) is 2.60. The van der Waals surface area contributed by atoms with Gasteiger partial charge in [0.25, 0.3) is 5.91 Å². The van der Waals surface area contributed by atoms with Crippen LogP contribution in [0.3, 0.4) is 0 Å². The number of nitrogens with zero attached hydrogens (tertiary/aromatic N) is 1. The molecule has 100 valence electrons. The van der Waals surface area contributed by atoms with Gasteiger partial charge in [-0.2, -0.15) is 0 Å². The summed E-state index contributed by atoms with van der Waals surface area (Å²) in [6.07, 6.45) is 1.54. The van der Waals surface area contributed by atoms with Crippen molar-refractivity contribution in [3.63, 3.8) is 0 Å². The molecular weight excluding hydrogens is 283 g/mol. The van der Waals surface area contributed by atoms with E-state index in [1.807, 2.05) is 0 Å². The van der Waals surface area contributed by atoms with Gasteiger partial charge in [-0.05, 0) is 23.6 Å². The first-order valence-corrected chi connectivity index (χ1v) is 6.46. The van der Waals surface area contributed by atoms with E-state index in [4.69, 9.17) is 4.42 Å². The van der Waals surface area contributed by atoms with Gasteiger partial charge in [0.15, 0.2) is 10.9 Å². The van der Waals surface area contributed by atoms with E-state index in [-0.39, 0.29) is 11.1 Å². The Kier molecular flexibility index (Phi) is 3.03. The summed E-state index contributed by atoms with van der Waals surface area (Å²) in [4.78, 5) is 27.6. The number of aromatic nitrogens is 1. The van der Waals surface area contributed by atoms with Gasteiger partial charge in [-0.25, -0.2) is 14.2 Å². The molecule has 20 heavy (non-hydrogen) atoms. The summed E-state index contributed by atoms with van der Waals surface area (Å²) in [6, 6.07) is 5.09. The lowest BCUT2D eigenvalue weighted by Gasteiger charge is -2.02. The van der Waals surface area contributed by atoms with Crippen molar-refractivity contribution in [3.05, 3.63) is 57.8 Å². The molecule has 1 aromatic carbocycles. The van der Waals surface area contributed by atoms with Gasteiger partial charge in [-0.1, -0.05) is 6.07 Å². The van der Waals surface area contributed by atoms with Crippen molar-refractivity contribution < 1.29 is 13.6 Å². The average molecular weight is 290 g/mol. The molecular formula is C13H7FN2O3S. The number of carbonyl (C=O) groups excluding carboxylic acids is 1. The SMILES string of the molecule is O=C(Nc1nccs1)c1cc2ccc(F)cc2c(=O)o1. The molecule has 0 radical (unpaired) electrons. The Bertz CT molecular complexity index is 842. The van der Waals surface area contributed by atoms with Crippen LogP contribution in [0.15, 0.2) is 45.1 Å². The maximum atomic E-state index is 13.1. The number of amides is 1. The zero-order chi connectivity index (χ0) is 14.1. The van der Waals surface area contributed by atoms with Crippen molar-refractivity contribution in [2.75, 3.05) is 5.32 Å². The zero-order valence-electron chi connectivity index (χ0n) is 9.92. The first-order chi connectivity index (χ1) is 9.63. The number of halogens is 1. The van der Waals surface area contributed by atoms with Crippen LogP contribution in [0.1, 0.15) is 10.6 Å². The quantitative estimate of drug-likeness (QED) is 0.787. The summed E-state index contributed by atoms with van der Waals surface area (Å²) in [6.45, 7) is 0. The Morgan fingerprint density at radius 3 is 2.95 bits per heavy atom. The largest absolute Gasteiger partial charge is 0.417 e. The number of rotatable bonds is 2. The monoisotopic (exact) mass is 290 g/mol. The van der Waals surface area contributed by atoms with Crippen LogP contribution in [0.5, 0.6) is 0 Å². The first kappa shape index (κ1) is 12.5. The van der Waals surface area contributed by atoms with E-state index in [2.05, 4.69) is 10.3 Å². The Morgan fingerprint density at radius 1 is 1.35 bits per heavy atom. The summed E-state index contributed by atoms with van der Waals surface area (Å²) in [5.41, 5.74) is -0.758. The van der Waals surface area contributed by atoms with Crippen LogP contribution in [0.4, 0.5) is 9.52 Å². The van der Waals surface area contributed by atoms with Gasteiger partial charge in [0.05, 0.1) is 5.39 Å². The van der Waals surface area contributed by atoms with E-state index >= 15 is 0 Å². The molecule has 5 nitrogen and oxygen atoms in total. The van der Waals surface area contributed by atoms with Crippen LogP contribution in [0.2, 0.25) is 0 Å². The molecule has 7 heteroatoms. The highest BCUT2D eigenvalue weighted by Gasteiger charge is 2.13. The van der Waals surface area contributed by atoms with E-state index in [1.54, 1.807) is 11.6 Å². The Balaban J connectivity index is 2.02. The standard InChI is InChI=1S/C13H7FN2O3S/c14-8-2-1-7-5-10(19-12(18)9(7)6-8)11(17)16-13-15-3-4-20-13/h1-6H,(H,15,16,17). The number of anilines is 1. The Hall–Kier alpha value is -2.54. The molecule has 0 spiro atoms. The molecule has 1 N–H and O–H groups in total. The summed E-state index contributed by atoms with van der Waals surface area (Å²) in [7, 11) is 0. The van der Waals surface area contributed by atoms with Crippen LogP contribution in [-0.4, -0.2) is 10.9 Å². The van der Waals surface area contributed by atoms with Crippen LogP contribution >= 0.6 is 11.3 Å². The summed E-state index contributed by atoms with van der Waals surface area (Å²) in [5.74, 6) is -1.27. The number of thiazole rings is 1. The maximum absolute atomic E-state index is 13.1. The van der Waals surface area contributed by atoms with Crippen molar-refractivity contribution in [2.45, 2.75) is 0 Å². The molecule has 2 heterocycles.